The second-order valence-electron chi connectivity index (χ2n) is 12.4. The van der Waals surface area contributed by atoms with E-state index in [1.54, 1.807) is 24.4 Å². The molecule has 0 saturated heterocycles. The lowest BCUT2D eigenvalue weighted by Crippen LogP contribution is -2.58. The molecule has 41 heavy (non-hydrogen) atoms. The van der Waals surface area contributed by atoms with Gasteiger partial charge in [-0.2, -0.15) is 0 Å². The largest absolute Gasteiger partial charge is 0.507 e. The van der Waals surface area contributed by atoms with Crippen LogP contribution in [-0.2, 0) is 0 Å². The van der Waals surface area contributed by atoms with Crippen LogP contribution in [-0.4, -0.2) is 46.3 Å². The van der Waals surface area contributed by atoms with E-state index in [1.807, 2.05) is 0 Å². The second-order valence-corrected chi connectivity index (χ2v) is 17.6. The summed E-state index contributed by atoms with van der Waals surface area (Å²) in [6, 6.07) is 6.33. The molecule has 6 rings (SSSR count). The van der Waals surface area contributed by atoms with Crippen LogP contribution in [0.3, 0.4) is 0 Å². The van der Waals surface area contributed by atoms with Gasteiger partial charge in [-0.05, 0) is 67.7 Å². The fourth-order valence-corrected chi connectivity index (χ4v) is 8.41. The topological polar surface area (TPSA) is 75.0 Å². The summed E-state index contributed by atoms with van der Waals surface area (Å²) in [6.07, 6.45) is 8.68. The highest BCUT2D eigenvalue weighted by Gasteiger charge is 2.56. The zero-order chi connectivity index (χ0) is 29.2. The Morgan fingerprint density at radius 1 is 1.05 bits per heavy atom. The maximum atomic E-state index is 16.1. The number of anilines is 1. The molecule has 1 N–H and O–H groups in total. The van der Waals surface area contributed by atoms with Gasteiger partial charge in [0.25, 0.3) is 0 Å². The van der Waals surface area contributed by atoms with Gasteiger partial charge in [0.1, 0.15) is 17.7 Å². The average molecular weight is 634 g/mol. The van der Waals surface area contributed by atoms with E-state index < -0.39 is 14.7 Å². The van der Waals surface area contributed by atoms with Crippen LogP contribution in [0.15, 0.2) is 41.7 Å². The van der Waals surface area contributed by atoms with Crippen molar-refractivity contribution in [3.05, 3.63) is 42.5 Å². The van der Waals surface area contributed by atoms with Crippen molar-refractivity contribution in [2.45, 2.75) is 84.8 Å². The van der Waals surface area contributed by atoms with Crippen molar-refractivity contribution in [2.24, 2.45) is 10.8 Å². The van der Waals surface area contributed by atoms with Crippen LogP contribution < -0.4 is 4.90 Å². The minimum absolute atomic E-state index is 0.113. The molecule has 0 amide bonds. The van der Waals surface area contributed by atoms with Gasteiger partial charge in [0.05, 0.1) is 29.0 Å². The Morgan fingerprint density at radius 3 is 2.49 bits per heavy atom. The van der Waals surface area contributed by atoms with Gasteiger partial charge >= 0.3 is 0 Å². The van der Waals surface area contributed by atoms with Gasteiger partial charge in [0.15, 0.2) is 14.4 Å². The van der Waals surface area contributed by atoms with E-state index in [2.05, 4.69) is 76.8 Å². The van der Waals surface area contributed by atoms with Gasteiger partial charge in [0.2, 0.25) is 0 Å². The number of thioether (sulfide) groups is 1. The number of alkyl halides is 1. The van der Waals surface area contributed by atoms with Gasteiger partial charge in [0, 0.05) is 17.0 Å². The third-order valence-corrected chi connectivity index (χ3v) is 10.3. The molecule has 6 nitrogen and oxygen atoms in total. The Labute approximate surface area is 259 Å². The first-order chi connectivity index (χ1) is 19.3. The molecule has 4 atom stereocenters. The number of hydrogen-bond acceptors (Lipinski definition) is 10. The smallest absolute Gasteiger partial charge is 0.185 e. The Bertz CT molecular complexity index is 1450. The number of hydrogen-bond donors (Lipinski definition) is 4. The van der Waals surface area contributed by atoms with Gasteiger partial charge in [-0.1, -0.05) is 38.1 Å². The Morgan fingerprint density at radius 2 is 1.83 bits per heavy atom. The van der Waals surface area contributed by atoms with E-state index in [0.717, 1.165) is 62.9 Å². The van der Waals surface area contributed by atoms with Crippen molar-refractivity contribution in [2.75, 3.05) is 4.90 Å². The van der Waals surface area contributed by atoms with Crippen molar-refractivity contribution in [1.29, 1.82) is 0 Å². The SMILES string of the molecule is C[C@]12CCC[C@](C)(C1)[C@H](F)[C@H](N(c1cnc(-c3ccc(-c4cc(SC(S)(S)S)ncc4F)cc3O)nn1)C1CC1)C2. The number of fused-ring (bicyclic) bond motifs is 2. The molecule has 12 heteroatoms. The standard InChI is InChI=1S/C29H33F2N5OS4/c1-27-8-3-9-28(2,15-27)25(31)21(12-27)36(17-5-6-17)23-14-33-26(35-34-23)18-7-4-16(10-22(18)37)19-11-24(32-13-20(19)30)41-29(38,39)40/h4,7,10-11,13-14,17,21,25,37-40H,3,5-6,8-9,12,15H2,1-2H3/t21-,25-,27-,28-/m1/s1. The Hall–Kier alpha value is -1.76. The normalized spacial score (nSPS) is 28.0. The van der Waals surface area contributed by atoms with Crippen molar-refractivity contribution in [3.63, 3.8) is 0 Å². The zero-order valence-corrected chi connectivity index (χ0v) is 26.3. The van der Waals surface area contributed by atoms with Crippen LogP contribution in [0.4, 0.5) is 14.6 Å². The number of benzene rings is 1. The molecule has 3 aliphatic rings. The number of phenols is 1. The summed E-state index contributed by atoms with van der Waals surface area (Å²) in [5.74, 6) is 0.164. The van der Waals surface area contributed by atoms with Crippen LogP contribution in [0, 0.1) is 16.6 Å². The van der Waals surface area contributed by atoms with Gasteiger partial charge in [-0.25, -0.2) is 18.7 Å². The van der Waals surface area contributed by atoms with Crippen LogP contribution in [0.5, 0.6) is 5.75 Å². The van der Waals surface area contributed by atoms with Crippen LogP contribution >= 0.6 is 49.6 Å². The molecule has 3 aliphatic carbocycles. The second kappa shape index (κ2) is 10.7. The third kappa shape index (κ3) is 6.03. The average Bonchev–Trinajstić information content (AvgIpc) is 3.73. The van der Waals surface area contributed by atoms with Crippen LogP contribution in [0.2, 0.25) is 0 Å². The number of aromatic nitrogens is 4. The summed E-state index contributed by atoms with van der Waals surface area (Å²) >= 11 is 13.9. The quantitative estimate of drug-likeness (QED) is 0.121. The van der Waals surface area contributed by atoms with Crippen LogP contribution in [0.25, 0.3) is 22.5 Å². The van der Waals surface area contributed by atoms with Gasteiger partial charge in [-0.3, -0.25) is 0 Å². The summed E-state index contributed by atoms with van der Waals surface area (Å²) < 4.78 is 29.8. The summed E-state index contributed by atoms with van der Waals surface area (Å²) in [6.45, 7) is 4.41. The summed E-state index contributed by atoms with van der Waals surface area (Å²) in [4.78, 5) is 10.7. The molecule has 2 aromatic heterocycles. The Kier molecular flexibility index (Phi) is 7.69. The van der Waals surface area contributed by atoms with Gasteiger partial charge < -0.3 is 10.0 Å². The number of halogens is 2. The summed E-state index contributed by atoms with van der Waals surface area (Å²) in [7, 11) is 0. The van der Waals surface area contributed by atoms with Crippen molar-refractivity contribution in [1.82, 2.24) is 20.2 Å². The predicted octanol–water partition coefficient (Wildman–Crippen LogP) is 7.60. The van der Waals surface area contributed by atoms with E-state index in [9.17, 15) is 9.50 Å². The highest BCUT2D eigenvalue weighted by atomic mass is 32.3. The zero-order valence-electron chi connectivity index (χ0n) is 22.8. The minimum atomic E-state index is -0.989. The van der Waals surface area contributed by atoms with Gasteiger partial charge in [-0.15, -0.1) is 48.1 Å². The fraction of sp³-hybridized carbons (Fsp3) is 0.517. The van der Waals surface area contributed by atoms with Crippen molar-refractivity contribution < 1.29 is 13.9 Å². The third-order valence-electron chi connectivity index (χ3n) is 8.80. The molecule has 0 aliphatic heterocycles. The summed E-state index contributed by atoms with van der Waals surface area (Å²) in [5, 5.41) is 20.2. The number of thiol groups is 3. The highest BCUT2D eigenvalue weighted by molar-refractivity contribution is 8.36. The van der Waals surface area contributed by atoms with E-state index in [-0.39, 0.29) is 40.1 Å². The van der Waals surface area contributed by atoms with Crippen molar-refractivity contribution in [3.8, 4) is 28.3 Å². The Balaban J connectivity index is 1.26. The molecule has 3 saturated carbocycles. The fourth-order valence-electron chi connectivity index (χ4n) is 7.01. The molecule has 0 unspecified atom stereocenters. The monoisotopic (exact) mass is 633 g/mol. The number of rotatable bonds is 7. The molecule has 3 fully saturated rings. The highest BCUT2D eigenvalue weighted by Crippen LogP contribution is 2.58. The number of phenolic OH excluding ortho intramolecular Hbond substituents is 1. The van der Waals surface area contributed by atoms with E-state index in [1.165, 1.54) is 6.07 Å². The number of aromatic hydroxyl groups is 1. The number of nitrogens with zero attached hydrogens (tertiary/aromatic N) is 5. The molecule has 218 valence electrons. The molecule has 0 spiro atoms. The van der Waals surface area contributed by atoms with E-state index >= 15 is 4.39 Å². The van der Waals surface area contributed by atoms with E-state index in [4.69, 9.17) is 0 Å². The number of pyridine rings is 1. The summed E-state index contributed by atoms with van der Waals surface area (Å²) in [5.41, 5.74) is 0.897. The maximum absolute atomic E-state index is 16.1. The first-order valence-electron chi connectivity index (χ1n) is 13.8. The lowest BCUT2D eigenvalue weighted by atomic mass is 9.54. The molecule has 2 heterocycles. The molecule has 0 radical (unpaired) electrons. The maximum Gasteiger partial charge on any atom is 0.185 e. The van der Waals surface area contributed by atoms with Crippen molar-refractivity contribution >= 4 is 55.5 Å². The lowest BCUT2D eigenvalue weighted by Gasteiger charge is -2.56. The van der Waals surface area contributed by atoms with Crippen LogP contribution in [0.1, 0.15) is 58.8 Å². The first kappa shape index (κ1) is 29.3. The lowest BCUT2D eigenvalue weighted by molar-refractivity contribution is -0.0554. The first-order valence-corrected chi connectivity index (χ1v) is 16.0. The minimum Gasteiger partial charge on any atom is -0.507 e. The van der Waals surface area contributed by atoms with E-state index in [0.29, 0.717) is 22.0 Å². The molecular formula is C29H33F2N5OS4. The molecule has 3 aromatic rings. The molecule has 1 aromatic carbocycles. The predicted molar refractivity (Wildman–Crippen MR) is 169 cm³/mol. The molecular weight excluding hydrogens is 601 g/mol. The molecule has 2 bridgehead atoms.